The first-order chi connectivity index (χ1) is 4.76. The summed E-state index contributed by atoms with van der Waals surface area (Å²) in [5.74, 6) is 1.57. The quantitative estimate of drug-likeness (QED) is 0.576. The molecule has 2 atom stereocenters. The SMILES string of the molecule is CCC(C)C(CC)COC. The van der Waals surface area contributed by atoms with Gasteiger partial charge in [-0.05, 0) is 11.8 Å². The van der Waals surface area contributed by atoms with E-state index < -0.39 is 0 Å². The molecule has 0 N–H and O–H groups in total. The van der Waals surface area contributed by atoms with Crippen molar-refractivity contribution in [1.82, 2.24) is 0 Å². The van der Waals surface area contributed by atoms with E-state index in [0.717, 1.165) is 18.4 Å². The molecule has 2 unspecified atom stereocenters. The molecule has 0 saturated carbocycles. The van der Waals surface area contributed by atoms with Crippen LogP contribution >= 0.6 is 0 Å². The standard InChI is InChI=1S/C9H20O/c1-5-8(3)9(6-2)7-10-4/h8-9H,5-7H2,1-4H3. The summed E-state index contributed by atoms with van der Waals surface area (Å²) in [5, 5.41) is 0. The van der Waals surface area contributed by atoms with Crippen LogP contribution in [0.2, 0.25) is 0 Å². The summed E-state index contributed by atoms with van der Waals surface area (Å²) >= 11 is 0. The van der Waals surface area contributed by atoms with Gasteiger partial charge in [0, 0.05) is 13.7 Å². The largest absolute Gasteiger partial charge is 0.384 e. The second kappa shape index (κ2) is 5.72. The van der Waals surface area contributed by atoms with Crippen LogP contribution in [-0.4, -0.2) is 13.7 Å². The highest BCUT2D eigenvalue weighted by atomic mass is 16.5. The number of ether oxygens (including phenoxy) is 1. The van der Waals surface area contributed by atoms with E-state index in [0.29, 0.717) is 0 Å². The molecule has 0 radical (unpaired) electrons. The molecule has 0 amide bonds. The van der Waals surface area contributed by atoms with Gasteiger partial charge in [-0.3, -0.25) is 0 Å². The Morgan fingerprint density at radius 1 is 1.20 bits per heavy atom. The number of hydrogen-bond acceptors (Lipinski definition) is 1. The van der Waals surface area contributed by atoms with Crippen molar-refractivity contribution in [3.05, 3.63) is 0 Å². The first kappa shape index (κ1) is 9.96. The van der Waals surface area contributed by atoms with E-state index in [1.165, 1.54) is 12.8 Å². The van der Waals surface area contributed by atoms with Crippen molar-refractivity contribution in [1.29, 1.82) is 0 Å². The lowest BCUT2D eigenvalue weighted by Crippen LogP contribution is -2.15. The maximum atomic E-state index is 5.12. The minimum atomic E-state index is 0.759. The average molecular weight is 144 g/mol. The summed E-state index contributed by atoms with van der Waals surface area (Å²) in [5.41, 5.74) is 0. The maximum absolute atomic E-state index is 5.12. The summed E-state index contributed by atoms with van der Waals surface area (Å²) in [4.78, 5) is 0. The smallest absolute Gasteiger partial charge is 0.0492 e. The molecule has 0 spiro atoms. The van der Waals surface area contributed by atoms with Crippen LogP contribution < -0.4 is 0 Å². The highest BCUT2D eigenvalue weighted by molar-refractivity contribution is 4.62. The van der Waals surface area contributed by atoms with Gasteiger partial charge in [-0.25, -0.2) is 0 Å². The van der Waals surface area contributed by atoms with Gasteiger partial charge in [0.15, 0.2) is 0 Å². The monoisotopic (exact) mass is 144 g/mol. The molecule has 0 bridgehead atoms. The molecule has 0 rings (SSSR count). The van der Waals surface area contributed by atoms with Crippen molar-refractivity contribution in [2.45, 2.75) is 33.6 Å². The highest BCUT2D eigenvalue weighted by Crippen LogP contribution is 2.18. The average Bonchev–Trinajstić information content (AvgIpc) is 1.99. The molecular formula is C9H20O. The molecule has 0 aliphatic carbocycles. The van der Waals surface area contributed by atoms with Crippen molar-refractivity contribution in [3.8, 4) is 0 Å². The molecule has 0 saturated heterocycles. The second-order valence-electron chi connectivity index (χ2n) is 3.01. The maximum Gasteiger partial charge on any atom is 0.0492 e. The fourth-order valence-electron chi connectivity index (χ4n) is 1.23. The third kappa shape index (κ3) is 3.21. The molecule has 0 aromatic rings. The van der Waals surface area contributed by atoms with Crippen LogP contribution in [0.15, 0.2) is 0 Å². The molecule has 0 fully saturated rings. The fourth-order valence-corrected chi connectivity index (χ4v) is 1.23. The van der Waals surface area contributed by atoms with E-state index in [-0.39, 0.29) is 0 Å². The summed E-state index contributed by atoms with van der Waals surface area (Å²) in [6.45, 7) is 7.69. The minimum absolute atomic E-state index is 0.759. The van der Waals surface area contributed by atoms with Gasteiger partial charge in [-0.15, -0.1) is 0 Å². The van der Waals surface area contributed by atoms with Gasteiger partial charge in [-0.2, -0.15) is 0 Å². The molecule has 0 aromatic heterocycles. The van der Waals surface area contributed by atoms with Gasteiger partial charge >= 0.3 is 0 Å². The van der Waals surface area contributed by atoms with Gasteiger partial charge in [0.05, 0.1) is 0 Å². The molecule has 0 aliphatic heterocycles. The van der Waals surface area contributed by atoms with E-state index in [9.17, 15) is 0 Å². The lowest BCUT2D eigenvalue weighted by molar-refractivity contribution is 0.121. The summed E-state index contributed by atoms with van der Waals surface area (Å²) in [6.07, 6.45) is 2.50. The lowest BCUT2D eigenvalue weighted by atomic mass is 9.90. The minimum Gasteiger partial charge on any atom is -0.384 e. The first-order valence-corrected chi connectivity index (χ1v) is 4.25. The van der Waals surface area contributed by atoms with Crippen LogP contribution in [0.4, 0.5) is 0 Å². The predicted molar refractivity (Wildman–Crippen MR) is 45.1 cm³/mol. The summed E-state index contributed by atoms with van der Waals surface area (Å²) in [6, 6.07) is 0. The Hall–Kier alpha value is -0.0400. The lowest BCUT2D eigenvalue weighted by Gasteiger charge is -2.19. The van der Waals surface area contributed by atoms with E-state index >= 15 is 0 Å². The van der Waals surface area contributed by atoms with Gasteiger partial charge < -0.3 is 4.74 Å². The third-order valence-corrected chi connectivity index (χ3v) is 2.35. The third-order valence-electron chi connectivity index (χ3n) is 2.35. The molecule has 0 aromatic carbocycles. The van der Waals surface area contributed by atoms with Crippen LogP contribution in [0.25, 0.3) is 0 Å². The van der Waals surface area contributed by atoms with Gasteiger partial charge in [-0.1, -0.05) is 33.6 Å². The van der Waals surface area contributed by atoms with Crippen LogP contribution in [0.5, 0.6) is 0 Å². The Bertz CT molecular complexity index is 71.1. The summed E-state index contributed by atoms with van der Waals surface area (Å²) in [7, 11) is 1.78. The van der Waals surface area contributed by atoms with Crippen molar-refractivity contribution in [3.63, 3.8) is 0 Å². The molecular weight excluding hydrogens is 124 g/mol. The van der Waals surface area contributed by atoms with Crippen molar-refractivity contribution >= 4 is 0 Å². The van der Waals surface area contributed by atoms with Crippen LogP contribution in [-0.2, 0) is 4.74 Å². The van der Waals surface area contributed by atoms with E-state index in [2.05, 4.69) is 20.8 Å². The highest BCUT2D eigenvalue weighted by Gasteiger charge is 2.12. The van der Waals surface area contributed by atoms with Gasteiger partial charge in [0.25, 0.3) is 0 Å². The van der Waals surface area contributed by atoms with E-state index in [1.54, 1.807) is 7.11 Å². The Morgan fingerprint density at radius 2 is 1.80 bits per heavy atom. The zero-order valence-electron chi connectivity index (χ0n) is 7.68. The molecule has 10 heavy (non-hydrogen) atoms. The van der Waals surface area contributed by atoms with Gasteiger partial charge in [0.2, 0.25) is 0 Å². The molecule has 0 aliphatic rings. The molecule has 62 valence electrons. The molecule has 1 nitrogen and oxygen atoms in total. The number of methoxy groups -OCH3 is 1. The van der Waals surface area contributed by atoms with Crippen molar-refractivity contribution < 1.29 is 4.74 Å². The predicted octanol–water partition coefficient (Wildman–Crippen LogP) is 2.71. The molecule has 0 heterocycles. The zero-order chi connectivity index (χ0) is 7.98. The first-order valence-electron chi connectivity index (χ1n) is 4.25. The van der Waals surface area contributed by atoms with Crippen molar-refractivity contribution in [2.75, 3.05) is 13.7 Å². The van der Waals surface area contributed by atoms with E-state index in [4.69, 9.17) is 4.74 Å². The second-order valence-corrected chi connectivity index (χ2v) is 3.01. The van der Waals surface area contributed by atoms with Crippen LogP contribution in [0.1, 0.15) is 33.6 Å². The number of rotatable bonds is 5. The van der Waals surface area contributed by atoms with Crippen molar-refractivity contribution in [2.24, 2.45) is 11.8 Å². The summed E-state index contributed by atoms with van der Waals surface area (Å²) < 4.78 is 5.12. The normalized spacial score (nSPS) is 16.8. The van der Waals surface area contributed by atoms with E-state index in [1.807, 2.05) is 0 Å². The Kier molecular flexibility index (Phi) is 5.70. The zero-order valence-corrected chi connectivity index (χ0v) is 7.68. The fraction of sp³-hybridized carbons (Fsp3) is 1.00. The topological polar surface area (TPSA) is 9.23 Å². The molecule has 1 heteroatoms. The van der Waals surface area contributed by atoms with Crippen LogP contribution in [0, 0.1) is 11.8 Å². The Morgan fingerprint density at radius 3 is 2.10 bits per heavy atom. The Balaban J connectivity index is 3.56. The number of hydrogen-bond donors (Lipinski definition) is 0. The Labute approximate surface area is 64.8 Å². The van der Waals surface area contributed by atoms with Crippen LogP contribution in [0.3, 0.4) is 0 Å². The van der Waals surface area contributed by atoms with Gasteiger partial charge in [0.1, 0.15) is 0 Å².